The third-order valence-electron chi connectivity index (χ3n) is 2.66. The molecule has 0 aliphatic rings. The number of terminal acetylenes is 1. The first kappa shape index (κ1) is 15.9. The molecular formula is C17H14FNO2S. The Morgan fingerprint density at radius 1 is 1.23 bits per heavy atom. The van der Waals surface area contributed by atoms with Crippen LogP contribution in [0.4, 0.5) is 10.1 Å². The van der Waals surface area contributed by atoms with E-state index < -0.39 is 0 Å². The molecule has 2 rings (SSSR count). The number of benzene rings is 2. The first-order chi connectivity index (χ1) is 10.7. The molecule has 0 spiro atoms. The number of carbonyl (C=O) groups excluding carboxylic acids is 1. The zero-order valence-electron chi connectivity index (χ0n) is 11.7. The number of ether oxygens (including phenoxy) is 1. The van der Waals surface area contributed by atoms with Crippen LogP contribution in [0.1, 0.15) is 0 Å². The molecule has 0 unspecified atom stereocenters. The van der Waals surface area contributed by atoms with Crippen LogP contribution in [0, 0.1) is 18.2 Å². The number of anilines is 1. The van der Waals surface area contributed by atoms with Crippen molar-refractivity contribution in [1.29, 1.82) is 0 Å². The zero-order chi connectivity index (χ0) is 15.8. The average Bonchev–Trinajstić information content (AvgIpc) is 2.53. The Kier molecular flexibility index (Phi) is 5.87. The minimum absolute atomic E-state index is 0.135. The number of rotatable bonds is 6. The third kappa shape index (κ3) is 4.83. The molecule has 112 valence electrons. The van der Waals surface area contributed by atoms with Gasteiger partial charge in [0.25, 0.3) is 0 Å². The Morgan fingerprint density at radius 3 is 2.64 bits per heavy atom. The van der Waals surface area contributed by atoms with Crippen LogP contribution in [-0.2, 0) is 4.79 Å². The summed E-state index contributed by atoms with van der Waals surface area (Å²) in [4.78, 5) is 12.3. The van der Waals surface area contributed by atoms with Gasteiger partial charge in [0.1, 0.15) is 18.2 Å². The van der Waals surface area contributed by atoms with Crippen molar-refractivity contribution in [2.75, 3.05) is 17.7 Å². The van der Waals surface area contributed by atoms with E-state index >= 15 is 0 Å². The van der Waals surface area contributed by atoms with Crippen LogP contribution in [-0.4, -0.2) is 18.3 Å². The molecule has 0 fully saturated rings. The summed E-state index contributed by atoms with van der Waals surface area (Å²) < 4.78 is 18.7. The highest BCUT2D eigenvalue weighted by Gasteiger charge is 2.06. The Bertz CT molecular complexity index is 680. The third-order valence-corrected chi connectivity index (χ3v) is 3.70. The van der Waals surface area contributed by atoms with Crippen molar-refractivity contribution in [3.8, 4) is 18.1 Å². The largest absolute Gasteiger partial charge is 0.481 e. The van der Waals surface area contributed by atoms with Crippen LogP contribution < -0.4 is 10.1 Å². The molecule has 0 heterocycles. The quantitative estimate of drug-likeness (QED) is 0.654. The molecule has 1 N–H and O–H groups in total. The van der Waals surface area contributed by atoms with Gasteiger partial charge in [-0.25, -0.2) is 4.39 Å². The molecule has 1 amide bonds. The van der Waals surface area contributed by atoms with Crippen LogP contribution >= 0.6 is 11.8 Å². The smallest absolute Gasteiger partial charge is 0.234 e. The molecule has 0 saturated heterocycles. The highest BCUT2D eigenvalue weighted by molar-refractivity contribution is 8.00. The van der Waals surface area contributed by atoms with Crippen LogP contribution in [0.5, 0.6) is 5.75 Å². The maximum absolute atomic E-state index is 13.4. The Morgan fingerprint density at radius 2 is 1.95 bits per heavy atom. The number of amides is 1. The lowest BCUT2D eigenvalue weighted by molar-refractivity contribution is -0.113. The summed E-state index contributed by atoms with van der Waals surface area (Å²) in [7, 11) is 0. The van der Waals surface area contributed by atoms with Crippen molar-refractivity contribution in [2.24, 2.45) is 0 Å². The molecule has 0 aliphatic carbocycles. The minimum atomic E-state index is -0.324. The Balaban J connectivity index is 1.84. The van der Waals surface area contributed by atoms with E-state index in [2.05, 4.69) is 11.2 Å². The zero-order valence-corrected chi connectivity index (χ0v) is 12.5. The van der Waals surface area contributed by atoms with Gasteiger partial charge in [-0.05, 0) is 36.4 Å². The van der Waals surface area contributed by atoms with Gasteiger partial charge in [-0.2, -0.15) is 0 Å². The van der Waals surface area contributed by atoms with Gasteiger partial charge < -0.3 is 10.1 Å². The standard InChI is InChI=1S/C17H14FNO2S/c1-2-11-21-14-9-7-13(8-10-14)19-17(20)12-22-16-6-4-3-5-15(16)18/h1,3-10H,11-12H2,(H,19,20). The number of hydrogen-bond acceptors (Lipinski definition) is 3. The van der Waals surface area contributed by atoms with Gasteiger partial charge in [0.15, 0.2) is 0 Å². The van der Waals surface area contributed by atoms with Crippen molar-refractivity contribution < 1.29 is 13.9 Å². The highest BCUT2D eigenvalue weighted by atomic mass is 32.2. The van der Waals surface area contributed by atoms with Gasteiger partial charge in [0.05, 0.1) is 5.75 Å². The number of hydrogen-bond donors (Lipinski definition) is 1. The van der Waals surface area contributed by atoms with E-state index in [9.17, 15) is 9.18 Å². The van der Waals surface area contributed by atoms with Crippen molar-refractivity contribution in [2.45, 2.75) is 4.90 Å². The molecule has 0 atom stereocenters. The molecule has 5 heteroatoms. The fourth-order valence-corrected chi connectivity index (χ4v) is 2.40. The molecule has 22 heavy (non-hydrogen) atoms. The summed E-state index contributed by atoms with van der Waals surface area (Å²) >= 11 is 1.15. The predicted octanol–water partition coefficient (Wildman–Crippen LogP) is 3.57. The second kappa shape index (κ2) is 8.11. The van der Waals surface area contributed by atoms with E-state index in [0.29, 0.717) is 16.3 Å². The summed E-state index contributed by atoms with van der Waals surface area (Å²) in [6.07, 6.45) is 5.10. The topological polar surface area (TPSA) is 38.3 Å². The number of halogens is 1. The van der Waals surface area contributed by atoms with Crippen molar-refractivity contribution in [3.05, 3.63) is 54.3 Å². The van der Waals surface area contributed by atoms with Crippen molar-refractivity contribution in [1.82, 2.24) is 0 Å². The monoisotopic (exact) mass is 315 g/mol. The lowest BCUT2D eigenvalue weighted by Crippen LogP contribution is -2.14. The van der Waals surface area contributed by atoms with Crippen LogP contribution in [0.2, 0.25) is 0 Å². The molecule has 0 bridgehead atoms. The Hall–Kier alpha value is -2.45. The molecule has 0 radical (unpaired) electrons. The molecular weight excluding hydrogens is 301 g/mol. The van der Waals surface area contributed by atoms with Crippen LogP contribution in [0.25, 0.3) is 0 Å². The minimum Gasteiger partial charge on any atom is -0.481 e. The van der Waals surface area contributed by atoms with E-state index in [0.717, 1.165) is 11.8 Å². The SMILES string of the molecule is C#CCOc1ccc(NC(=O)CSc2ccccc2F)cc1. The van der Waals surface area contributed by atoms with Gasteiger partial charge in [-0.15, -0.1) is 18.2 Å². The second-order valence-electron chi connectivity index (χ2n) is 4.28. The van der Waals surface area contributed by atoms with E-state index in [1.54, 1.807) is 42.5 Å². The van der Waals surface area contributed by atoms with Gasteiger partial charge >= 0.3 is 0 Å². The van der Waals surface area contributed by atoms with E-state index in [-0.39, 0.29) is 24.1 Å². The van der Waals surface area contributed by atoms with E-state index in [1.807, 2.05) is 0 Å². The summed E-state index contributed by atoms with van der Waals surface area (Å²) in [6, 6.07) is 13.2. The predicted molar refractivity (Wildman–Crippen MR) is 86.5 cm³/mol. The molecule has 0 aromatic heterocycles. The number of thioether (sulfide) groups is 1. The summed E-state index contributed by atoms with van der Waals surface area (Å²) in [5.74, 6) is 2.62. The van der Waals surface area contributed by atoms with E-state index in [1.165, 1.54) is 6.07 Å². The maximum atomic E-state index is 13.4. The van der Waals surface area contributed by atoms with E-state index in [4.69, 9.17) is 11.2 Å². The van der Waals surface area contributed by atoms with Gasteiger partial charge in [-0.3, -0.25) is 4.79 Å². The number of carbonyl (C=O) groups is 1. The fourth-order valence-electron chi connectivity index (χ4n) is 1.66. The normalized spacial score (nSPS) is 9.82. The molecule has 2 aromatic rings. The van der Waals surface area contributed by atoms with Crippen LogP contribution in [0.3, 0.4) is 0 Å². The first-order valence-electron chi connectivity index (χ1n) is 6.52. The van der Waals surface area contributed by atoms with Crippen molar-refractivity contribution in [3.63, 3.8) is 0 Å². The maximum Gasteiger partial charge on any atom is 0.234 e. The molecule has 3 nitrogen and oxygen atoms in total. The Labute approximate surface area is 132 Å². The fraction of sp³-hybridized carbons (Fsp3) is 0.118. The first-order valence-corrected chi connectivity index (χ1v) is 7.51. The van der Waals surface area contributed by atoms with Gasteiger partial charge in [0.2, 0.25) is 5.91 Å². The van der Waals surface area contributed by atoms with Gasteiger partial charge in [0, 0.05) is 10.6 Å². The van der Waals surface area contributed by atoms with Crippen LogP contribution in [0.15, 0.2) is 53.4 Å². The number of nitrogens with one attached hydrogen (secondary N) is 1. The lowest BCUT2D eigenvalue weighted by atomic mass is 10.3. The molecule has 2 aromatic carbocycles. The van der Waals surface area contributed by atoms with Crippen molar-refractivity contribution >= 4 is 23.4 Å². The average molecular weight is 315 g/mol. The second-order valence-corrected chi connectivity index (χ2v) is 5.30. The highest BCUT2D eigenvalue weighted by Crippen LogP contribution is 2.21. The summed E-state index contributed by atoms with van der Waals surface area (Å²) in [6.45, 7) is 0.199. The summed E-state index contributed by atoms with van der Waals surface area (Å²) in [5, 5.41) is 2.74. The molecule has 0 aliphatic heterocycles. The van der Waals surface area contributed by atoms with Gasteiger partial charge in [-0.1, -0.05) is 18.1 Å². The lowest BCUT2D eigenvalue weighted by Gasteiger charge is -2.07. The summed E-state index contributed by atoms with van der Waals surface area (Å²) in [5.41, 5.74) is 0.646. The molecule has 0 saturated carbocycles.